The molecular formula is C13H24O2. The van der Waals surface area contributed by atoms with Gasteiger partial charge >= 0.3 is 0 Å². The van der Waals surface area contributed by atoms with Crippen LogP contribution in [0.4, 0.5) is 0 Å². The van der Waals surface area contributed by atoms with Gasteiger partial charge < -0.3 is 0 Å². The van der Waals surface area contributed by atoms with E-state index in [1.807, 2.05) is 0 Å². The molecule has 88 valence electrons. The van der Waals surface area contributed by atoms with Gasteiger partial charge in [-0.1, -0.05) is 45.4 Å². The van der Waals surface area contributed by atoms with Crippen molar-refractivity contribution in [2.24, 2.45) is 5.92 Å². The first-order valence-corrected chi connectivity index (χ1v) is 6.10. The highest BCUT2D eigenvalue weighted by atomic mass is 16.1. The summed E-state index contributed by atoms with van der Waals surface area (Å²) < 4.78 is 0. The van der Waals surface area contributed by atoms with Crippen LogP contribution in [-0.4, -0.2) is 11.6 Å². The Morgan fingerprint density at radius 3 is 1.80 bits per heavy atom. The number of rotatable bonds is 9. The highest BCUT2D eigenvalue weighted by molar-refractivity contribution is 6.00. The first-order valence-electron chi connectivity index (χ1n) is 6.10. The quantitative estimate of drug-likeness (QED) is 0.433. The normalized spacial score (nSPS) is 10.7. The van der Waals surface area contributed by atoms with E-state index in [-0.39, 0.29) is 17.5 Å². The van der Waals surface area contributed by atoms with Crippen LogP contribution in [-0.2, 0) is 9.59 Å². The summed E-state index contributed by atoms with van der Waals surface area (Å²) in [7, 11) is 0. The van der Waals surface area contributed by atoms with Crippen LogP contribution in [0.5, 0.6) is 0 Å². The van der Waals surface area contributed by atoms with E-state index in [4.69, 9.17) is 0 Å². The number of carbonyl (C=O) groups excluding carboxylic acids is 2. The van der Waals surface area contributed by atoms with Crippen molar-refractivity contribution in [2.45, 2.75) is 65.7 Å². The predicted octanol–water partition coefficient (Wildman–Crippen LogP) is 3.53. The average molecular weight is 212 g/mol. The van der Waals surface area contributed by atoms with Gasteiger partial charge in [0.1, 0.15) is 11.6 Å². The first-order chi connectivity index (χ1) is 7.09. The van der Waals surface area contributed by atoms with Gasteiger partial charge in [-0.25, -0.2) is 0 Å². The third kappa shape index (κ3) is 7.29. The maximum absolute atomic E-state index is 11.1. The molecule has 0 aliphatic heterocycles. The zero-order valence-electron chi connectivity index (χ0n) is 10.3. The van der Waals surface area contributed by atoms with E-state index < -0.39 is 0 Å². The molecule has 0 atom stereocenters. The van der Waals surface area contributed by atoms with E-state index in [0.717, 1.165) is 19.3 Å². The van der Waals surface area contributed by atoms with Gasteiger partial charge in [-0.05, 0) is 20.3 Å². The van der Waals surface area contributed by atoms with Crippen LogP contribution in [0.2, 0.25) is 0 Å². The van der Waals surface area contributed by atoms with Gasteiger partial charge in [0.25, 0.3) is 0 Å². The number of hydrogen-bond acceptors (Lipinski definition) is 2. The number of ketones is 2. The topological polar surface area (TPSA) is 34.1 Å². The fourth-order valence-electron chi connectivity index (χ4n) is 1.82. The lowest BCUT2D eigenvalue weighted by Gasteiger charge is -2.09. The summed E-state index contributed by atoms with van der Waals surface area (Å²) in [5.74, 6) is -0.289. The van der Waals surface area contributed by atoms with Crippen molar-refractivity contribution < 1.29 is 9.59 Å². The Morgan fingerprint density at radius 1 is 0.867 bits per heavy atom. The molecule has 0 aromatic carbocycles. The molecule has 0 aliphatic rings. The van der Waals surface area contributed by atoms with Crippen LogP contribution in [0.15, 0.2) is 0 Å². The lowest BCUT2D eigenvalue weighted by Crippen LogP contribution is -2.19. The molecule has 0 amide bonds. The molecule has 0 spiro atoms. The standard InChI is InChI=1S/C13H24O2/c1-4-5-6-7-8-9-10-13(11(2)14)12(3)15/h13H,4-10H2,1-3H3. The SMILES string of the molecule is CCCCCCCCC(C(C)=O)C(C)=O. The summed E-state index contributed by atoms with van der Waals surface area (Å²) in [5.41, 5.74) is 0. The molecule has 0 saturated carbocycles. The minimum Gasteiger partial charge on any atom is -0.299 e. The number of unbranched alkanes of at least 4 members (excludes halogenated alkanes) is 5. The van der Waals surface area contributed by atoms with Gasteiger partial charge in [-0.3, -0.25) is 9.59 Å². The molecule has 0 bridgehead atoms. The Labute approximate surface area is 93.4 Å². The van der Waals surface area contributed by atoms with E-state index in [1.165, 1.54) is 39.5 Å². The lowest BCUT2D eigenvalue weighted by molar-refractivity contribution is -0.130. The molecule has 0 heterocycles. The molecule has 0 fully saturated rings. The van der Waals surface area contributed by atoms with Gasteiger partial charge in [0.2, 0.25) is 0 Å². The van der Waals surface area contributed by atoms with Crippen molar-refractivity contribution >= 4 is 11.6 Å². The Bertz CT molecular complexity index is 183. The van der Waals surface area contributed by atoms with Crippen LogP contribution in [0.3, 0.4) is 0 Å². The number of hydrogen-bond donors (Lipinski definition) is 0. The molecule has 0 unspecified atom stereocenters. The third-order valence-electron chi connectivity index (χ3n) is 2.83. The van der Waals surface area contributed by atoms with E-state index in [1.54, 1.807) is 0 Å². The second-order valence-corrected chi connectivity index (χ2v) is 4.33. The Hall–Kier alpha value is -0.660. The maximum atomic E-state index is 11.1. The summed E-state index contributed by atoms with van der Waals surface area (Å²) in [4.78, 5) is 22.3. The smallest absolute Gasteiger partial charge is 0.140 e. The van der Waals surface area contributed by atoms with E-state index >= 15 is 0 Å². The van der Waals surface area contributed by atoms with Crippen molar-refractivity contribution in [3.05, 3.63) is 0 Å². The van der Waals surface area contributed by atoms with Gasteiger partial charge in [0.05, 0.1) is 5.92 Å². The van der Waals surface area contributed by atoms with Crippen LogP contribution < -0.4 is 0 Å². The minimum absolute atomic E-state index is 0.0241. The zero-order valence-corrected chi connectivity index (χ0v) is 10.3. The maximum Gasteiger partial charge on any atom is 0.140 e. The molecule has 2 nitrogen and oxygen atoms in total. The van der Waals surface area contributed by atoms with Crippen molar-refractivity contribution in [3.63, 3.8) is 0 Å². The van der Waals surface area contributed by atoms with Crippen molar-refractivity contribution in [2.75, 3.05) is 0 Å². The summed E-state index contributed by atoms with van der Waals surface area (Å²) in [6.07, 6.45) is 7.96. The number of Topliss-reactive ketones (excluding diaryl/α,β-unsaturated/α-hetero) is 2. The van der Waals surface area contributed by atoms with E-state index in [0.29, 0.717) is 0 Å². The highest BCUT2D eigenvalue weighted by Gasteiger charge is 2.18. The van der Waals surface area contributed by atoms with E-state index in [2.05, 4.69) is 6.92 Å². The molecule has 0 aromatic heterocycles. The summed E-state index contributed by atoms with van der Waals surface area (Å²) >= 11 is 0. The lowest BCUT2D eigenvalue weighted by atomic mass is 9.94. The van der Waals surface area contributed by atoms with Crippen molar-refractivity contribution in [1.82, 2.24) is 0 Å². The fraction of sp³-hybridized carbons (Fsp3) is 0.846. The van der Waals surface area contributed by atoms with E-state index in [9.17, 15) is 9.59 Å². The second kappa shape index (κ2) is 8.63. The van der Waals surface area contributed by atoms with Crippen LogP contribution in [0, 0.1) is 5.92 Å². The molecule has 0 radical (unpaired) electrons. The number of carbonyl (C=O) groups is 2. The third-order valence-corrected chi connectivity index (χ3v) is 2.83. The molecule has 15 heavy (non-hydrogen) atoms. The van der Waals surface area contributed by atoms with Crippen LogP contribution >= 0.6 is 0 Å². The molecule has 0 aliphatic carbocycles. The first kappa shape index (κ1) is 14.3. The monoisotopic (exact) mass is 212 g/mol. The molecule has 0 saturated heterocycles. The Morgan fingerprint density at radius 2 is 1.33 bits per heavy atom. The molecule has 0 N–H and O–H groups in total. The minimum atomic E-state index is -0.337. The summed E-state index contributed by atoms with van der Waals surface area (Å²) in [6.45, 7) is 5.23. The molecule has 0 aromatic rings. The predicted molar refractivity (Wildman–Crippen MR) is 62.8 cm³/mol. The van der Waals surface area contributed by atoms with Crippen molar-refractivity contribution in [1.29, 1.82) is 0 Å². The van der Waals surface area contributed by atoms with Gasteiger partial charge in [0, 0.05) is 0 Å². The van der Waals surface area contributed by atoms with Gasteiger partial charge in [0.15, 0.2) is 0 Å². The Kier molecular flexibility index (Phi) is 8.25. The average Bonchev–Trinajstić information content (AvgIpc) is 2.15. The largest absolute Gasteiger partial charge is 0.299 e. The van der Waals surface area contributed by atoms with Crippen LogP contribution in [0.25, 0.3) is 0 Å². The summed E-state index contributed by atoms with van der Waals surface area (Å²) in [6, 6.07) is 0. The molecule has 2 heteroatoms. The van der Waals surface area contributed by atoms with Crippen LogP contribution in [0.1, 0.15) is 65.7 Å². The fourth-order valence-corrected chi connectivity index (χ4v) is 1.82. The second-order valence-electron chi connectivity index (χ2n) is 4.33. The summed E-state index contributed by atoms with van der Waals surface area (Å²) in [5, 5.41) is 0. The molecular weight excluding hydrogens is 188 g/mol. The van der Waals surface area contributed by atoms with Gasteiger partial charge in [-0.15, -0.1) is 0 Å². The molecule has 0 rings (SSSR count). The highest BCUT2D eigenvalue weighted by Crippen LogP contribution is 2.14. The Balaban J connectivity index is 3.55. The van der Waals surface area contributed by atoms with Gasteiger partial charge in [-0.2, -0.15) is 0 Å². The van der Waals surface area contributed by atoms with Crippen molar-refractivity contribution in [3.8, 4) is 0 Å². The zero-order chi connectivity index (χ0) is 11.7.